The molecule has 17 nitrogen and oxygen atoms in total. The fraction of sp³-hybridized carbons (Fsp3) is 0.391. The fourth-order valence-electron chi connectivity index (χ4n) is 3.90. The number of amides is 2. The topological polar surface area (TPSA) is 244 Å². The standard InChI is InChI=1S/C23H24N8O9S/c1-10(27-38)11-5-4-6-30(7-11)8-12-9-41-19-14(18(33)31(19)15(12)20(34)35)25-17(32)13(16-26-22(24)39-29-16)28-40-23(2,3)21(36)37/h4-7,10,14,19H,8-9H2,1-3H3,(H4-,24,25,26,29,32,34,35,36,37)/p+1/t10?,14?,19-/m0/s1. The minimum atomic E-state index is -1.83. The maximum Gasteiger partial charge on any atom is 0.352 e. The highest BCUT2D eigenvalue weighted by Crippen LogP contribution is 2.40. The van der Waals surface area contributed by atoms with Crippen LogP contribution in [0.2, 0.25) is 0 Å². The van der Waals surface area contributed by atoms with Gasteiger partial charge in [0.2, 0.25) is 17.1 Å². The molecule has 4 rings (SSSR count). The van der Waals surface area contributed by atoms with Crippen LogP contribution in [0.3, 0.4) is 0 Å². The van der Waals surface area contributed by atoms with E-state index in [1.165, 1.54) is 25.6 Å². The molecular weight excluding hydrogens is 564 g/mol. The van der Waals surface area contributed by atoms with Crippen molar-refractivity contribution >= 4 is 47.2 Å². The number of β-lactam (4-membered cyclic amide) rings is 1. The van der Waals surface area contributed by atoms with E-state index < -0.39 is 64.4 Å². The van der Waals surface area contributed by atoms with E-state index in [1.54, 1.807) is 36.0 Å². The number of carboxylic acids is 2. The third-order valence-electron chi connectivity index (χ3n) is 6.18. The molecule has 41 heavy (non-hydrogen) atoms. The number of aromatic nitrogens is 3. The summed E-state index contributed by atoms with van der Waals surface area (Å²) < 4.78 is 6.36. The summed E-state index contributed by atoms with van der Waals surface area (Å²) in [7, 11) is 0. The monoisotopic (exact) mass is 589 g/mol. The lowest BCUT2D eigenvalue weighted by Gasteiger charge is -2.49. The molecule has 4 heterocycles. The molecule has 1 saturated heterocycles. The van der Waals surface area contributed by atoms with Gasteiger partial charge in [-0.3, -0.25) is 14.5 Å². The number of anilines is 1. The van der Waals surface area contributed by atoms with Crippen molar-refractivity contribution in [3.8, 4) is 0 Å². The van der Waals surface area contributed by atoms with Crippen molar-refractivity contribution in [1.82, 2.24) is 20.4 Å². The first-order chi connectivity index (χ1) is 19.3. The summed E-state index contributed by atoms with van der Waals surface area (Å²) in [5.74, 6) is -4.60. The molecule has 0 bridgehead atoms. The molecule has 216 valence electrons. The highest BCUT2D eigenvalue weighted by atomic mass is 32.2. The molecule has 2 aromatic rings. The predicted molar refractivity (Wildman–Crippen MR) is 139 cm³/mol. The minimum absolute atomic E-state index is 0.133. The summed E-state index contributed by atoms with van der Waals surface area (Å²) >= 11 is 1.23. The summed E-state index contributed by atoms with van der Waals surface area (Å²) in [6, 6.07) is 1.27. The quantitative estimate of drug-likeness (QED) is 0.0872. The molecule has 1 fully saturated rings. The molecule has 2 aromatic heterocycles. The molecule has 2 aliphatic heterocycles. The Bertz CT molecular complexity index is 1490. The number of thioether (sulfide) groups is 1. The third-order valence-corrected chi connectivity index (χ3v) is 7.52. The Morgan fingerprint density at radius 1 is 1.39 bits per heavy atom. The number of fused-ring (bicyclic) bond motifs is 1. The number of nitrogens with zero attached hydrogens (tertiary/aromatic N) is 6. The second kappa shape index (κ2) is 11.3. The van der Waals surface area contributed by atoms with Gasteiger partial charge >= 0.3 is 18.0 Å². The zero-order valence-electron chi connectivity index (χ0n) is 21.9. The van der Waals surface area contributed by atoms with Gasteiger partial charge in [0.15, 0.2) is 18.9 Å². The van der Waals surface area contributed by atoms with E-state index in [4.69, 9.17) is 10.6 Å². The zero-order valence-corrected chi connectivity index (χ0v) is 22.7. The Morgan fingerprint density at radius 3 is 2.73 bits per heavy atom. The SMILES string of the molecule is CC(N=O)c1ccc[n+](CC2=C(C(=O)O)N3C(=O)C(NC(=O)C(=NOC(C)(C)C(=O)O)c4noc(N)n4)[C@@H]3SC2)c1. The van der Waals surface area contributed by atoms with Gasteiger partial charge in [0.1, 0.15) is 23.2 Å². The van der Waals surface area contributed by atoms with Crippen LogP contribution in [-0.4, -0.2) is 77.5 Å². The number of carboxylic acid groups (broad SMARTS) is 2. The molecule has 18 heteroatoms. The van der Waals surface area contributed by atoms with Crippen LogP contribution in [-0.2, 0) is 30.6 Å². The van der Waals surface area contributed by atoms with Crippen molar-refractivity contribution in [2.75, 3.05) is 11.5 Å². The van der Waals surface area contributed by atoms with Crippen LogP contribution in [0.4, 0.5) is 6.01 Å². The van der Waals surface area contributed by atoms with Crippen molar-refractivity contribution in [2.45, 2.75) is 50.4 Å². The van der Waals surface area contributed by atoms with Crippen LogP contribution in [0.15, 0.2) is 50.7 Å². The maximum absolute atomic E-state index is 13.1. The van der Waals surface area contributed by atoms with Crippen LogP contribution in [0.25, 0.3) is 0 Å². The number of hydrogen-bond donors (Lipinski definition) is 4. The first-order valence-electron chi connectivity index (χ1n) is 12.0. The molecular formula is C23H25N8O9S+. The number of aliphatic carboxylic acids is 2. The average molecular weight is 590 g/mol. The predicted octanol–water partition coefficient (Wildman–Crippen LogP) is -0.211. The van der Waals surface area contributed by atoms with Crippen molar-refractivity contribution < 1.29 is 43.3 Å². The number of hydrogen-bond acceptors (Lipinski definition) is 13. The van der Waals surface area contributed by atoms with Gasteiger partial charge in [-0.25, -0.2) is 14.2 Å². The normalized spacial score (nSPS) is 19.6. The smallest absolute Gasteiger partial charge is 0.352 e. The van der Waals surface area contributed by atoms with E-state index >= 15 is 0 Å². The van der Waals surface area contributed by atoms with Gasteiger partial charge in [-0.2, -0.15) is 9.89 Å². The Hall–Kier alpha value is -4.87. The van der Waals surface area contributed by atoms with E-state index in [1.807, 2.05) is 0 Å². The molecule has 0 saturated carbocycles. The van der Waals surface area contributed by atoms with E-state index in [0.29, 0.717) is 11.1 Å². The van der Waals surface area contributed by atoms with Gasteiger partial charge in [-0.05, 0) is 26.8 Å². The van der Waals surface area contributed by atoms with Crippen LogP contribution in [0.5, 0.6) is 0 Å². The molecule has 5 N–H and O–H groups in total. The molecule has 2 amide bonds. The lowest BCUT2D eigenvalue weighted by atomic mass is 10.0. The van der Waals surface area contributed by atoms with Crippen LogP contribution < -0.4 is 15.6 Å². The number of carbonyl (C=O) groups excluding carboxylic acids is 2. The minimum Gasteiger partial charge on any atom is -0.478 e. The molecule has 0 radical (unpaired) electrons. The molecule has 0 aliphatic carbocycles. The summed E-state index contributed by atoms with van der Waals surface area (Å²) in [5, 5.41) is 31.0. The van der Waals surface area contributed by atoms with Gasteiger partial charge in [-0.15, -0.1) is 11.8 Å². The van der Waals surface area contributed by atoms with Crippen LogP contribution in [0, 0.1) is 4.91 Å². The van der Waals surface area contributed by atoms with Crippen molar-refractivity contribution in [1.29, 1.82) is 0 Å². The highest BCUT2D eigenvalue weighted by molar-refractivity contribution is 8.00. The van der Waals surface area contributed by atoms with E-state index in [9.17, 15) is 34.3 Å². The highest BCUT2D eigenvalue weighted by Gasteiger charge is 2.55. The van der Waals surface area contributed by atoms with Crippen molar-refractivity contribution in [3.63, 3.8) is 0 Å². The molecule has 0 spiro atoms. The third kappa shape index (κ3) is 5.86. The number of nitrogens with two attached hydrogens (primary N) is 1. The first-order valence-corrected chi connectivity index (χ1v) is 13.0. The first kappa shape index (κ1) is 29.1. The molecule has 2 aliphatic rings. The van der Waals surface area contributed by atoms with Crippen LogP contribution >= 0.6 is 11.8 Å². The number of rotatable bonds is 11. The fourth-order valence-corrected chi connectivity index (χ4v) is 5.23. The van der Waals surface area contributed by atoms with Gasteiger partial charge < -0.3 is 30.6 Å². The van der Waals surface area contributed by atoms with E-state index in [-0.39, 0.29) is 18.0 Å². The zero-order chi connectivity index (χ0) is 30.1. The number of carbonyl (C=O) groups is 4. The maximum atomic E-state index is 13.1. The van der Waals surface area contributed by atoms with Gasteiger partial charge in [-0.1, -0.05) is 15.5 Å². The Balaban J connectivity index is 1.55. The largest absolute Gasteiger partial charge is 0.478 e. The van der Waals surface area contributed by atoms with Gasteiger partial charge in [0.05, 0.1) is 0 Å². The number of pyridine rings is 1. The summed E-state index contributed by atoms with van der Waals surface area (Å²) in [4.78, 5) is 70.6. The van der Waals surface area contributed by atoms with Gasteiger partial charge in [0, 0.05) is 23.0 Å². The summed E-state index contributed by atoms with van der Waals surface area (Å²) in [5.41, 5.74) is 3.85. The Kier molecular flexibility index (Phi) is 8.04. The summed E-state index contributed by atoms with van der Waals surface area (Å²) in [6.45, 7) is 4.15. The van der Waals surface area contributed by atoms with Crippen LogP contribution in [0.1, 0.15) is 38.2 Å². The van der Waals surface area contributed by atoms with Crippen molar-refractivity contribution in [3.05, 3.63) is 52.1 Å². The second-order valence-electron chi connectivity index (χ2n) is 9.51. The van der Waals surface area contributed by atoms with E-state index in [0.717, 1.165) is 4.90 Å². The average Bonchev–Trinajstić information content (AvgIpc) is 3.36. The summed E-state index contributed by atoms with van der Waals surface area (Å²) in [6.07, 6.45) is 3.37. The van der Waals surface area contributed by atoms with Gasteiger partial charge in [0.25, 0.3) is 11.8 Å². The van der Waals surface area contributed by atoms with Crippen molar-refractivity contribution in [2.24, 2.45) is 10.3 Å². The molecule has 3 atom stereocenters. The Morgan fingerprint density at radius 2 is 2.12 bits per heavy atom. The Labute approximate surface area is 235 Å². The molecule has 2 unspecified atom stereocenters. The number of nitrogens with one attached hydrogen (secondary N) is 1. The number of nitroso groups, excluding NO2 is 1. The second-order valence-corrected chi connectivity index (χ2v) is 10.6. The lowest BCUT2D eigenvalue weighted by Crippen LogP contribution is -2.71. The lowest BCUT2D eigenvalue weighted by molar-refractivity contribution is -0.689. The number of nitrogen functional groups attached to an aromatic ring is 1. The molecule has 0 aromatic carbocycles. The van der Waals surface area contributed by atoms with E-state index in [2.05, 4.69) is 30.3 Å². The number of oxime groups is 1.